The molecule has 16 heavy (non-hydrogen) atoms. The maximum absolute atomic E-state index is 11.7. The number of rotatable bonds is 6. The summed E-state index contributed by atoms with van der Waals surface area (Å²) in [5.74, 6) is 0.804. The van der Waals surface area contributed by atoms with Crippen molar-refractivity contribution in [3.8, 4) is 0 Å². The molecule has 0 aromatic rings. The van der Waals surface area contributed by atoms with E-state index in [9.17, 15) is 4.79 Å². The predicted octanol–water partition coefficient (Wildman–Crippen LogP) is 2.20. The van der Waals surface area contributed by atoms with Gasteiger partial charge in [0.2, 0.25) is 5.91 Å². The van der Waals surface area contributed by atoms with E-state index in [0.29, 0.717) is 18.4 Å². The Hall–Kier alpha value is -0.570. The van der Waals surface area contributed by atoms with E-state index < -0.39 is 0 Å². The van der Waals surface area contributed by atoms with E-state index >= 15 is 0 Å². The van der Waals surface area contributed by atoms with E-state index in [1.165, 1.54) is 32.1 Å². The van der Waals surface area contributed by atoms with Crippen molar-refractivity contribution >= 4 is 5.91 Å². The molecule has 0 spiro atoms. The smallest absolute Gasteiger partial charge is 0.220 e. The summed E-state index contributed by atoms with van der Waals surface area (Å²) in [6, 6.07) is 0.450. The molecule has 0 bridgehead atoms. The molecular weight excluding hydrogens is 200 g/mol. The summed E-state index contributed by atoms with van der Waals surface area (Å²) in [4.78, 5) is 11.7. The highest BCUT2D eigenvalue weighted by molar-refractivity contribution is 5.76. The van der Waals surface area contributed by atoms with E-state index in [2.05, 4.69) is 12.2 Å². The molecule has 0 saturated heterocycles. The second-order valence-corrected chi connectivity index (χ2v) is 5.12. The molecule has 0 aliphatic heterocycles. The van der Waals surface area contributed by atoms with Gasteiger partial charge in [0.25, 0.3) is 0 Å². The van der Waals surface area contributed by atoms with Gasteiger partial charge in [-0.05, 0) is 38.1 Å². The zero-order valence-corrected chi connectivity index (χ0v) is 10.5. The van der Waals surface area contributed by atoms with Gasteiger partial charge >= 0.3 is 0 Å². The lowest BCUT2D eigenvalue weighted by Gasteiger charge is -2.23. The first-order valence-corrected chi connectivity index (χ1v) is 6.71. The Morgan fingerprint density at radius 3 is 2.62 bits per heavy atom. The summed E-state index contributed by atoms with van der Waals surface area (Å²) < 4.78 is 0. The Kier molecular flexibility index (Phi) is 6.46. The van der Waals surface area contributed by atoms with Gasteiger partial charge in [-0.1, -0.05) is 26.2 Å². The molecule has 1 aliphatic rings. The third kappa shape index (κ3) is 5.50. The van der Waals surface area contributed by atoms with Gasteiger partial charge < -0.3 is 11.1 Å². The Labute approximate surface area is 99.2 Å². The maximum atomic E-state index is 11.7. The molecule has 3 heteroatoms. The molecule has 0 aromatic heterocycles. The zero-order valence-electron chi connectivity index (χ0n) is 10.5. The third-order valence-electron chi connectivity index (χ3n) is 3.49. The van der Waals surface area contributed by atoms with Crippen LogP contribution in [-0.2, 0) is 4.79 Å². The van der Waals surface area contributed by atoms with Gasteiger partial charge in [-0.15, -0.1) is 0 Å². The van der Waals surface area contributed by atoms with E-state index in [1.807, 2.05) is 0 Å². The minimum Gasteiger partial charge on any atom is -0.353 e. The van der Waals surface area contributed by atoms with Gasteiger partial charge in [-0.25, -0.2) is 0 Å². The van der Waals surface area contributed by atoms with Crippen molar-refractivity contribution in [2.24, 2.45) is 11.7 Å². The van der Waals surface area contributed by atoms with Crippen LogP contribution in [0.2, 0.25) is 0 Å². The van der Waals surface area contributed by atoms with Crippen molar-refractivity contribution in [2.75, 3.05) is 6.54 Å². The average molecular weight is 226 g/mol. The molecule has 1 aliphatic carbocycles. The largest absolute Gasteiger partial charge is 0.353 e. The lowest BCUT2D eigenvalue weighted by atomic mass is 9.95. The van der Waals surface area contributed by atoms with Crippen LogP contribution < -0.4 is 11.1 Å². The van der Waals surface area contributed by atoms with Crippen LogP contribution in [0, 0.1) is 5.92 Å². The first-order valence-electron chi connectivity index (χ1n) is 6.71. The number of hydrogen-bond donors (Lipinski definition) is 2. The fraction of sp³-hybridized carbons (Fsp3) is 0.923. The van der Waals surface area contributed by atoms with Crippen LogP contribution in [0.15, 0.2) is 0 Å². The summed E-state index contributed by atoms with van der Waals surface area (Å²) in [6.07, 6.45) is 8.88. The summed E-state index contributed by atoms with van der Waals surface area (Å²) in [7, 11) is 0. The summed E-state index contributed by atoms with van der Waals surface area (Å²) in [6.45, 7) is 2.89. The van der Waals surface area contributed by atoms with Gasteiger partial charge in [-0.3, -0.25) is 4.79 Å². The third-order valence-corrected chi connectivity index (χ3v) is 3.49. The van der Waals surface area contributed by atoms with Crippen LogP contribution in [-0.4, -0.2) is 18.5 Å². The number of carbonyl (C=O) groups excluding carboxylic acids is 1. The van der Waals surface area contributed by atoms with Gasteiger partial charge in [-0.2, -0.15) is 0 Å². The SMILES string of the molecule is CC(CCN)CCC(=O)NC1CCCCC1. The molecule has 1 unspecified atom stereocenters. The van der Waals surface area contributed by atoms with Gasteiger partial charge in [0.05, 0.1) is 0 Å². The minimum atomic E-state index is 0.232. The van der Waals surface area contributed by atoms with Gasteiger partial charge in [0.15, 0.2) is 0 Å². The van der Waals surface area contributed by atoms with Crippen molar-refractivity contribution in [1.82, 2.24) is 5.32 Å². The second kappa shape index (κ2) is 7.66. The Balaban J connectivity index is 2.10. The molecule has 0 radical (unpaired) electrons. The average Bonchev–Trinajstić information content (AvgIpc) is 2.28. The maximum Gasteiger partial charge on any atom is 0.220 e. The van der Waals surface area contributed by atoms with Crippen molar-refractivity contribution in [2.45, 2.75) is 64.3 Å². The number of nitrogens with one attached hydrogen (secondary N) is 1. The normalized spacial score (nSPS) is 19.4. The molecule has 1 atom stereocenters. The monoisotopic (exact) mass is 226 g/mol. The standard InChI is InChI=1S/C13H26N2O/c1-11(9-10-14)7-8-13(16)15-12-5-3-2-4-6-12/h11-12H,2-10,14H2,1H3,(H,15,16). The molecule has 0 heterocycles. The van der Waals surface area contributed by atoms with E-state index in [0.717, 1.165) is 19.4 Å². The van der Waals surface area contributed by atoms with Crippen molar-refractivity contribution in [3.05, 3.63) is 0 Å². The molecule has 3 N–H and O–H groups in total. The van der Waals surface area contributed by atoms with E-state index in [4.69, 9.17) is 5.73 Å². The van der Waals surface area contributed by atoms with Gasteiger partial charge in [0.1, 0.15) is 0 Å². The molecule has 0 aromatic carbocycles. The second-order valence-electron chi connectivity index (χ2n) is 5.12. The Morgan fingerprint density at radius 2 is 2.00 bits per heavy atom. The van der Waals surface area contributed by atoms with Crippen LogP contribution in [0.1, 0.15) is 58.3 Å². The molecule has 1 amide bonds. The van der Waals surface area contributed by atoms with E-state index in [-0.39, 0.29) is 5.91 Å². The Bertz CT molecular complexity index is 200. The highest BCUT2D eigenvalue weighted by Gasteiger charge is 2.15. The first-order chi connectivity index (χ1) is 7.72. The van der Waals surface area contributed by atoms with Crippen molar-refractivity contribution in [3.63, 3.8) is 0 Å². The number of amides is 1. The summed E-state index contributed by atoms with van der Waals surface area (Å²) in [5.41, 5.74) is 5.48. The summed E-state index contributed by atoms with van der Waals surface area (Å²) in [5, 5.41) is 3.15. The number of carbonyl (C=O) groups is 1. The molecule has 3 nitrogen and oxygen atoms in total. The summed E-state index contributed by atoms with van der Waals surface area (Å²) >= 11 is 0. The van der Waals surface area contributed by atoms with Crippen molar-refractivity contribution < 1.29 is 4.79 Å². The number of nitrogens with two attached hydrogens (primary N) is 1. The highest BCUT2D eigenvalue weighted by atomic mass is 16.1. The topological polar surface area (TPSA) is 55.1 Å². The van der Waals surface area contributed by atoms with Gasteiger partial charge in [0, 0.05) is 12.5 Å². The highest BCUT2D eigenvalue weighted by Crippen LogP contribution is 2.17. The van der Waals surface area contributed by atoms with Crippen LogP contribution in [0.3, 0.4) is 0 Å². The lowest BCUT2D eigenvalue weighted by molar-refractivity contribution is -0.122. The molecular formula is C13H26N2O. The van der Waals surface area contributed by atoms with Crippen LogP contribution in [0.5, 0.6) is 0 Å². The first kappa shape index (κ1) is 13.5. The van der Waals surface area contributed by atoms with Crippen molar-refractivity contribution in [1.29, 1.82) is 0 Å². The van der Waals surface area contributed by atoms with Crippen LogP contribution in [0.25, 0.3) is 0 Å². The Morgan fingerprint density at radius 1 is 1.31 bits per heavy atom. The fourth-order valence-corrected chi connectivity index (χ4v) is 2.35. The lowest BCUT2D eigenvalue weighted by Crippen LogP contribution is -2.36. The van der Waals surface area contributed by atoms with Crippen LogP contribution in [0.4, 0.5) is 0 Å². The van der Waals surface area contributed by atoms with E-state index in [1.54, 1.807) is 0 Å². The fourth-order valence-electron chi connectivity index (χ4n) is 2.35. The molecule has 1 fully saturated rings. The predicted molar refractivity (Wildman–Crippen MR) is 67.1 cm³/mol. The molecule has 94 valence electrons. The number of hydrogen-bond acceptors (Lipinski definition) is 2. The van der Waals surface area contributed by atoms with Crippen LogP contribution >= 0.6 is 0 Å². The minimum absolute atomic E-state index is 0.232. The molecule has 1 saturated carbocycles. The quantitative estimate of drug-likeness (QED) is 0.729. The molecule has 1 rings (SSSR count). The zero-order chi connectivity index (χ0) is 11.8.